The Labute approximate surface area is 125 Å². The molecular weight excluding hydrogens is 268 g/mol. The molecule has 0 bridgehead atoms. The quantitative estimate of drug-likeness (QED) is 0.619. The fourth-order valence-corrected chi connectivity index (χ4v) is 2.13. The van der Waals surface area contributed by atoms with Gasteiger partial charge >= 0.3 is 11.9 Å². The van der Waals surface area contributed by atoms with Crippen molar-refractivity contribution < 1.29 is 19.4 Å². The molecule has 1 rings (SSSR count). The number of carboxylic acid groups (broad SMARTS) is 1. The van der Waals surface area contributed by atoms with Crippen LogP contribution in [0.1, 0.15) is 31.9 Å². The minimum atomic E-state index is -1.14. The van der Waals surface area contributed by atoms with Gasteiger partial charge in [0.1, 0.15) is 0 Å². The minimum Gasteiger partial charge on any atom is -0.478 e. The van der Waals surface area contributed by atoms with Crippen molar-refractivity contribution in [2.24, 2.45) is 5.92 Å². The van der Waals surface area contributed by atoms with Crippen LogP contribution in [0.2, 0.25) is 0 Å². The van der Waals surface area contributed by atoms with Crippen molar-refractivity contribution in [2.75, 3.05) is 6.61 Å². The normalized spacial score (nSPS) is 11.5. The highest BCUT2D eigenvalue weighted by Gasteiger charge is 2.15. The molecule has 0 amide bonds. The van der Waals surface area contributed by atoms with E-state index in [0.29, 0.717) is 5.92 Å². The van der Waals surface area contributed by atoms with Gasteiger partial charge in [0.25, 0.3) is 0 Å². The molecule has 0 saturated carbocycles. The van der Waals surface area contributed by atoms with Gasteiger partial charge < -0.3 is 9.84 Å². The molecule has 1 aromatic carbocycles. The van der Waals surface area contributed by atoms with Crippen LogP contribution >= 0.6 is 0 Å². The van der Waals surface area contributed by atoms with E-state index in [2.05, 4.69) is 13.8 Å². The molecule has 0 aliphatic rings. The fourth-order valence-electron chi connectivity index (χ4n) is 2.13. The molecule has 0 unspecified atom stereocenters. The number of carbonyl (C=O) groups excluding carboxylic acids is 1. The SMILES string of the molecule is CCOC(=O)/C(=C\C(=O)O)Cc1ccccc1CC(C)C. The van der Waals surface area contributed by atoms with Gasteiger partial charge in [0, 0.05) is 18.1 Å². The van der Waals surface area contributed by atoms with Gasteiger partial charge in [-0.15, -0.1) is 0 Å². The maximum Gasteiger partial charge on any atom is 0.334 e. The van der Waals surface area contributed by atoms with Crippen molar-refractivity contribution >= 4 is 11.9 Å². The highest BCUT2D eigenvalue weighted by Crippen LogP contribution is 2.18. The Morgan fingerprint density at radius 3 is 2.38 bits per heavy atom. The summed E-state index contributed by atoms with van der Waals surface area (Å²) < 4.78 is 4.93. The number of rotatable bonds is 7. The predicted octanol–water partition coefficient (Wildman–Crippen LogP) is 3.00. The van der Waals surface area contributed by atoms with Gasteiger partial charge in [-0.1, -0.05) is 38.1 Å². The first-order valence-corrected chi connectivity index (χ1v) is 7.11. The standard InChI is InChI=1S/C17H22O4/c1-4-21-17(20)15(11-16(18)19)10-14-8-6-5-7-13(14)9-12(2)3/h5-8,11-12H,4,9-10H2,1-3H3,(H,18,19)/b15-11-. The summed E-state index contributed by atoms with van der Waals surface area (Å²) in [5.41, 5.74) is 2.26. The molecule has 0 atom stereocenters. The molecule has 0 saturated heterocycles. The predicted molar refractivity (Wildman–Crippen MR) is 81.0 cm³/mol. The second kappa shape index (κ2) is 8.25. The number of hydrogen-bond donors (Lipinski definition) is 1. The number of ether oxygens (including phenoxy) is 1. The molecule has 0 spiro atoms. The largest absolute Gasteiger partial charge is 0.478 e. The lowest BCUT2D eigenvalue weighted by Gasteiger charge is -2.13. The van der Waals surface area contributed by atoms with E-state index in [4.69, 9.17) is 9.84 Å². The summed E-state index contributed by atoms with van der Waals surface area (Å²) in [5, 5.41) is 8.91. The third-order valence-corrected chi connectivity index (χ3v) is 2.96. The summed E-state index contributed by atoms with van der Waals surface area (Å²) >= 11 is 0. The Hall–Kier alpha value is -2.10. The molecule has 0 aliphatic heterocycles. The van der Waals surface area contributed by atoms with Gasteiger partial charge in [0.15, 0.2) is 0 Å². The van der Waals surface area contributed by atoms with Gasteiger partial charge in [-0.25, -0.2) is 9.59 Å². The van der Waals surface area contributed by atoms with Crippen LogP contribution in [-0.2, 0) is 27.2 Å². The second-order valence-corrected chi connectivity index (χ2v) is 5.27. The Morgan fingerprint density at radius 2 is 1.86 bits per heavy atom. The van der Waals surface area contributed by atoms with Crippen molar-refractivity contribution in [2.45, 2.75) is 33.6 Å². The maximum atomic E-state index is 11.9. The van der Waals surface area contributed by atoms with E-state index < -0.39 is 11.9 Å². The van der Waals surface area contributed by atoms with E-state index in [1.807, 2.05) is 24.3 Å². The average molecular weight is 290 g/mol. The summed E-state index contributed by atoms with van der Waals surface area (Å²) in [6, 6.07) is 7.78. The zero-order valence-electron chi connectivity index (χ0n) is 12.8. The van der Waals surface area contributed by atoms with E-state index in [0.717, 1.165) is 23.6 Å². The fraction of sp³-hybridized carbons (Fsp3) is 0.412. The van der Waals surface area contributed by atoms with Crippen LogP contribution in [0.5, 0.6) is 0 Å². The molecule has 21 heavy (non-hydrogen) atoms. The summed E-state index contributed by atoms with van der Waals surface area (Å²) in [6.07, 6.45) is 2.09. The summed E-state index contributed by atoms with van der Waals surface area (Å²) in [5.74, 6) is -1.22. The topological polar surface area (TPSA) is 63.6 Å². The van der Waals surface area contributed by atoms with Crippen molar-refractivity contribution in [3.8, 4) is 0 Å². The van der Waals surface area contributed by atoms with Gasteiger partial charge in [-0.05, 0) is 30.4 Å². The highest BCUT2D eigenvalue weighted by atomic mass is 16.5. The van der Waals surface area contributed by atoms with Crippen molar-refractivity contribution in [3.63, 3.8) is 0 Å². The molecule has 1 aromatic rings. The lowest BCUT2D eigenvalue weighted by atomic mass is 9.94. The van der Waals surface area contributed by atoms with Gasteiger partial charge in [0.2, 0.25) is 0 Å². The van der Waals surface area contributed by atoms with E-state index >= 15 is 0 Å². The lowest BCUT2D eigenvalue weighted by Crippen LogP contribution is -2.13. The maximum absolute atomic E-state index is 11.9. The molecule has 4 heteroatoms. The summed E-state index contributed by atoms with van der Waals surface area (Å²) in [4.78, 5) is 22.7. The van der Waals surface area contributed by atoms with Gasteiger partial charge in [-0.3, -0.25) is 0 Å². The van der Waals surface area contributed by atoms with E-state index in [1.165, 1.54) is 0 Å². The smallest absolute Gasteiger partial charge is 0.334 e. The van der Waals surface area contributed by atoms with Crippen LogP contribution in [0.4, 0.5) is 0 Å². The number of esters is 1. The Morgan fingerprint density at radius 1 is 1.24 bits per heavy atom. The number of benzene rings is 1. The summed E-state index contributed by atoms with van der Waals surface area (Å²) in [7, 11) is 0. The molecule has 0 aliphatic carbocycles. The van der Waals surface area contributed by atoms with Crippen molar-refractivity contribution in [1.82, 2.24) is 0 Å². The van der Waals surface area contributed by atoms with E-state index in [-0.39, 0.29) is 18.6 Å². The zero-order valence-corrected chi connectivity index (χ0v) is 12.8. The first-order chi connectivity index (χ1) is 9.93. The van der Waals surface area contributed by atoms with Crippen molar-refractivity contribution in [3.05, 3.63) is 47.0 Å². The first kappa shape index (κ1) is 17.0. The molecule has 0 aromatic heterocycles. The van der Waals surface area contributed by atoms with Crippen LogP contribution in [0, 0.1) is 5.92 Å². The molecule has 0 heterocycles. The second-order valence-electron chi connectivity index (χ2n) is 5.27. The van der Waals surface area contributed by atoms with Crippen LogP contribution in [-0.4, -0.2) is 23.7 Å². The van der Waals surface area contributed by atoms with Crippen LogP contribution in [0.25, 0.3) is 0 Å². The third-order valence-electron chi connectivity index (χ3n) is 2.96. The summed E-state index contributed by atoms with van der Waals surface area (Å²) in [6.45, 7) is 6.17. The molecule has 114 valence electrons. The van der Waals surface area contributed by atoms with Crippen molar-refractivity contribution in [1.29, 1.82) is 0 Å². The van der Waals surface area contributed by atoms with E-state index in [9.17, 15) is 9.59 Å². The zero-order chi connectivity index (χ0) is 15.8. The number of carboxylic acids is 1. The van der Waals surface area contributed by atoms with Crippen LogP contribution in [0.3, 0.4) is 0 Å². The molecule has 1 N–H and O–H groups in total. The number of aliphatic carboxylic acids is 1. The molecular formula is C17H22O4. The van der Waals surface area contributed by atoms with Crippen LogP contribution < -0.4 is 0 Å². The molecule has 0 fully saturated rings. The lowest BCUT2D eigenvalue weighted by molar-refractivity contribution is -0.139. The first-order valence-electron chi connectivity index (χ1n) is 7.11. The highest BCUT2D eigenvalue weighted by molar-refractivity contribution is 5.96. The Balaban J connectivity index is 3.04. The Bertz CT molecular complexity index is 529. The monoisotopic (exact) mass is 290 g/mol. The van der Waals surface area contributed by atoms with E-state index in [1.54, 1.807) is 6.92 Å². The average Bonchev–Trinajstić information content (AvgIpc) is 2.39. The van der Waals surface area contributed by atoms with Crippen LogP contribution in [0.15, 0.2) is 35.9 Å². The molecule has 4 nitrogen and oxygen atoms in total. The molecule has 0 radical (unpaired) electrons. The minimum absolute atomic E-state index is 0.167. The van der Waals surface area contributed by atoms with Gasteiger partial charge in [0.05, 0.1) is 6.61 Å². The Kier molecular flexibility index (Phi) is 6.66. The number of hydrogen-bond acceptors (Lipinski definition) is 3. The third kappa shape index (κ3) is 5.81. The number of carbonyl (C=O) groups is 2. The van der Waals surface area contributed by atoms with Gasteiger partial charge in [-0.2, -0.15) is 0 Å².